The van der Waals surface area contributed by atoms with Crippen molar-refractivity contribution in [3.63, 3.8) is 0 Å². The number of fused-ring (bicyclic) bond motifs is 1. The van der Waals surface area contributed by atoms with Crippen molar-refractivity contribution < 1.29 is 9.53 Å². The standard InChI is InChI=1S/C26H30N4O2/c31-26(30-15-17-32-18-16-30)22(25-27-23-7-3-4-8-24(23)28-25)19-20-9-11-21(12-10-20)29-13-5-1-2-6-14-29/h3-4,7-12,19H,1-2,5-6,13-18H2,(H,27,28). The summed E-state index contributed by atoms with van der Waals surface area (Å²) >= 11 is 0. The first kappa shape index (κ1) is 20.8. The fourth-order valence-electron chi connectivity index (χ4n) is 4.53. The number of para-hydroxylation sites is 2. The number of aromatic nitrogens is 2. The molecule has 0 atom stereocenters. The van der Waals surface area contributed by atoms with Gasteiger partial charge in [-0.1, -0.05) is 37.1 Å². The first-order chi connectivity index (χ1) is 15.8. The number of imidazole rings is 1. The average Bonchev–Trinajstić information content (AvgIpc) is 3.09. The number of aromatic amines is 1. The number of H-pyrrole nitrogens is 1. The quantitative estimate of drug-likeness (QED) is 0.626. The number of nitrogens with zero attached hydrogens (tertiary/aromatic N) is 3. The Morgan fingerprint density at radius 1 is 0.906 bits per heavy atom. The minimum Gasteiger partial charge on any atom is -0.378 e. The number of nitrogens with one attached hydrogen (secondary N) is 1. The molecule has 3 aromatic rings. The molecule has 1 N–H and O–H groups in total. The lowest BCUT2D eigenvalue weighted by Gasteiger charge is -2.27. The molecule has 1 aromatic heterocycles. The van der Waals surface area contributed by atoms with Crippen LogP contribution < -0.4 is 4.90 Å². The number of anilines is 1. The van der Waals surface area contributed by atoms with Crippen LogP contribution in [0.15, 0.2) is 48.5 Å². The van der Waals surface area contributed by atoms with Gasteiger partial charge in [-0.3, -0.25) is 4.79 Å². The highest BCUT2D eigenvalue weighted by atomic mass is 16.5. The second kappa shape index (κ2) is 9.57. The SMILES string of the molecule is O=C(C(=Cc1ccc(N2CCCCCC2)cc1)c1nc2ccccc2[nH]1)N1CCOCC1. The molecule has 0 saturated carbocycles. The van der Waals surface area contributed by atoms with Crippen LogP contribution in [0.25, 0.3) is 22.7 Å². The zero-order valence-electron chi connectivity index (χ0n) is 18.4. The molecule has 0 unspecified atom stereocenters. The van der Waals surface area contributed by atoms with Crippen molar-refractivity contribution in [2.75, 3.05) is 44.3 Å². The van der Waals surface area contributed by atoms with Gasteiger partial charge >= 0.3 is 0 Å². The van der Waals surface area contributed by atoms with Gasteiger partial charge in [-0.15, -0.1) is 0 Å². The summed E-state index contributed by atoms with van der Waals surface area (Å²) in [5.41, 5.74) is 4.64. The van der Waals surface area contributed by atoms with Crippen LogP contribution in [0.4, 0.5) is 5.69 Å². The van der Waals surface area contributed by atoms with E-state index in [-0.39, 0.29) is 5.91 Å². The van der Waals surface area contributed by atoms with Gasteiger partial charge in [0.25, 0.3) is 5.91 Å². The average molecular weight is 431 g/mol. The van der Waals surface area contributed by atoms with Crippen molar-refractivity contribution >= 4 is 34.3 Å². The van der Waals surface area contributed by atoms with E-state index in [1.165, 1.54) is 31.4 Å². The fourth-order valence-corrected chi connectivity index (χ4v) is 4.53. The molecule has 6 heteroatoms. The lowest BCUT2D eigenvalue weighted by atomic mass is 10.1. The molecular formula is C26H30N4O2. The number of hydrogen-bond acceptors (Lipinski definition) is 4. The summed E-state index contributed by atoms with van der Waals surface area (Å²) in [7, 11) is 0. The number of carbonyl (C=O) groups is 1. The molecule has 2 aromatic carbocycles. The molecular weight excluding hydrogens is 400 g/mol. The van der Waals surface area contributed by atoms with Crippen LogP contribution in [0.3, 0.4) is 0 Å². The fraction of sp³-hybridized carbons (Fsp3) is 0.385. The first-order valence-electron chi connectivity index (χ1n) is 11.7. The van der Waals surface area contributed by atoms with Crippen molar-refractivity contribution in [3.05, 3.63) is 59.9 Å². The van der Waals surface area contributed by atoms with Gasteiger partial charge in [0.2, 0.25) is 0 Å². The number of rotatable bonds is 4. The summed E-state index contributed by atoms with van der Waals surface area (Å²) in [6, 6.07) is 16.4. The lowest BCUT2D eigenvalue weighted by Crippen LogP contribution is -2.41. The largest absolute Gasteiger partial charge is 0.378 e. The van der Waals surface area contributed by atoms with E-state index in [0.717, 1.165) is 29.7 Å². The van der Waals surface area contributed by atoms with Crippen molar-refractivity contribution in [3.8, 4) is 0 Å². The number of amides is 1. The number of benzene rings is 2. The zero-order chi connectivity index (χ0) is 21.8. The molecule has 2 fully saturated rings. The van der Waals surface area contributed by atoms with E-state index in [2.05, 4.69) is 34.1 Å². The topological polar surface area (TPSA) is 61.5 Å². The predicted molar refractivity (Wildman–Crippen MR) is 128 cm³/mol. The Hall–Kier alpha value is -3.12. The third kappa shape index (κ3) is 4.55. The van der Waals surface area contributed by atoms with Crippen LogP contribution in [-0.4, -0.2) is 60.2 Å². The molecule has 0 aliphatic carbocycles. The molecule has 2 aliphatic rings. The van der Waals surface area contributed by atoms with Crippen molar-refractivity contribution in [2.24, 2.45) is 0 Å². The van der Waals surface area contributed by atoms with Crippen LogP contribution in [0.2, 0.25) is 0 Å². The molecule has 32 heavy (non-hydrogen) atoms. The van der Waals surface area contributed by atoms with Gasteiger partial charge in [-0.25, -0.2) is 4.98 Å². The summed E-state index contributed by atoms with van der Waals surface area (Å²) in [4.78, 5) is 25.8. The van der Waals surface area contributed by atoms with Gasteiger partial charge in [-0.05, 0) is 48.7 Å². The highest BCUT2D eigenvalue weighted by molar-refractivity contribution is 6.23. The zero-order valence-corrected chi connectivity index (χ0v) is 18.4. The van der Waals surface area contributed by atoms with Crippen molar-refractivity contribution in [1.29, 1.82) is 0 Å². The van der Waals surface area contributed by atoms with Gasteiger partial charge in [0.1, 0.15) is 5.82 Å². The molecule has 0 spiro atoms. The molecule has 1 amide bonds. The van der Waals surface area contributed by atoms with Crippen LogP contribution in [0.1, 0.15) is 37.1 Å². The Morgan fingerprint density at radius 3 is 2.34 bits per heavy atom. The van der Waals surface area contributed by atoms with Crippen LogP contribution in [-0.2, 0) is 9.53 Å². The Balaban J connectivity index is 1.47. The minimum absolute atomic E-state index is 0.0102. The van der Waals surface area contributed by atoms with Gasteiger partial charge < -0.3 is 19.5 Å². The van der Waals surface area contributed by atoms with Crippen LogP contribution in [0, 0.1) is 0 Å². The number of ether oxygens (including phenoxy) is 1. The van der Waals surface area contributed by atoms with Gasteiger partial charge in [-0.2, -0.15) is 0 Å². The van der Waals surface area contributed by atoms with Crippen LogP contribution >= 0.6 is 0 Å². The summed E-state index contributed by atoms with van der Waals surface area (Å²) < 4.78 is 5.44. The van der Waals surface area contributed by atoms with E-state index in [4.69, 9.17) is 9.72 Å². The maximum absolute atomic E-state index is 13.5. The maximum atomic E-state index is 13.5. The molecule has 6 nitrogen and oxygen atoms in total. The summed E-state index contributed by atoms with van der Waals surface area (Å²) in [6.45, 7) is 4.59. The highest BCUT2D eigenvalue weighted by Gasteiger charge is 2.24. The molecule has 2 saturated heterocycles. The molecule has 5 rings (SSSR count). The molecule has 3 heterocycles. The Morgan fingerprint density at radius 2 is 1.62 bits per heavy atom. The molecule has 0 bridgehead atoms. The first-order valence-corrected chi connectivity index (χ1v) is 11.7. The highest BCUT2D eigenvalue weighted by Crippen LogP contribution is 2.25. The second-order valence-corrected chi connectivity index (χ2v) is 8.56. The van der Waals surface area contributed by atoms with Crippen molar-refractivity contribution in [2.45, 2.75) is 25.7 Å². The second-order valence-electron chi connectivity index (χ2n) is 8.56. The number of carbonyl (C=O) groups excluding carboxylic acids is 1. The summed E-state index contributed by atoms with van der Waals surface area (Å²) in [5, 5.41) is 0. The summed E-state index contributed by atoms with van der Waals surface area (Å²) in [5.74, 6) is 0.600. The monoisotopic (exact) mass is 430 g/mol. The van der Waals surface area contributed by atoms with Crippen molar-refractivity contribution in [1.82, 2.24) is 14.9 Å². The number of hydrogen-bond donors (Lipinski definition) is 1. The third-order valence-corrected chi connectivity index (χ3v) is 6.35. The smallest absolute Gasteiger partial charge is 0.257 e. The normalized spacial score (nSPS) is 18.1. The number of morpholine rings is 1. The molecule has 166 valence electrons. The van der Waals surface area contributed by atoms with E-state index >= 15 is 0 Å². The van der Waals surface area contributed by atoms with E-state index in [9.17, 15) is 4.79 Å². The Bertz CT molecular complexity index is 1060. The van der Waals surface area contributed by atoms with E-state index in [0.29, 0.717) is 37.7 Å². The van der Waals surface area contributed by atoms with E-state index in [1.807, 2.05) is 35.2 Å². The Labute approximate surface area is 188 Å². The van der Waals surface area contributed by atoms with E-state index in [1.54, 1.807) is 0 Å². The minimum atomic E-state index is -0.0102. The lowest BCUT2D eigenvalue weighted by molar-refractivity contribution is -0.128. The van der Waals surface area contributed by atoms with Gasteiger partial charge in [0, 0.05) is 31.9 Å². The molecule has 2 aliphatic heterocycles. The Kier molecular flexibility index (Phi) is 6.21. The molecule has 0 radical (unpaired) electrons. The predicted octanol–water partition coefficient (Wildman–Crippen LogP) is 4.34. The van der Waals surface area contributed by atoms with Gasteiger partial charge in [0.15, 0.2) is 0 Å². The third-order valence-electron chi connectivity index (χ3n) is 6.35. The maximum Gasteiger partial charge on any atom is 0.257 e. The van der Waals surface area contributed by atoms with Gasteiger partial charge in [0.05, 0.1) is 29.8 Å². The van der Waals surface area contributed by atoms with E-state index < -0.39 is 0 Å². The summed E-state index contributed by atoms with van der Waals surface area (Å²) in [6.07, 6.45) is 7.11. The van der Waals surface area contributed by atoms with Crippen LogP contribution in [0.5, 0.6) is 0 Å².